The molecule has 1 saturated heterocycles. The molecule has 2 unspecified atom stereocenters. The van der Waals surface area contributed by atoms with Crippen LogP contribution in [0.2, 0.25) is 0 Å². The number of hydrogen-bond donors (Lipinski definition) is 0. The second-order valence-corrected chi connectivity index (χ2v) is 5.84. The number of rotatable bonds is 4. The molecule has 1 aliphatic heterocycles. The first-order valence-corrected chi connectivity index (χ1v) is 7.17. The number of morpholine rings is 1. The molecular formula is C14H30N4O. The first-order valence-electron chi connectivity index (χ1n) is 7.17. The Bertz CT molecular complexity index is 271. The van der Waals surface area contributed by atoms with Gasteiger partial charge < -0.3 is 14.5 Å². The van der Waals surface area contributed by atoms with Crippen molar-refractivity contribution in [1.29, 1.82) is 0 Å². The first-order chi connectivity index (χ1) is 8.90. The Balaban J connectivity index is 2.31. The average Bonchev–Trinajstić information content (AvgIpc) is 2.26. The van der Waals surface area contributed by atoms with Crippen molar-refractivity contribution in [3.8, 4) is 0 Å². The lowest BCUT2D eigenvalue weighted by molar-refractivity contribution is -0.0679. The van der Waals surface area contributed by atoms with E-state index in [0.717, 1.165) is 38.6 Å². The fourth-order valence-corrected chi connectivity index (χ4v) is 2.62. The van der Waals surface area contributed by atoms with Crippen molar-refractivity contribution in [2.24, 2.45) is 4.99 Å². The summed E-state index contributed by atoms with van der Waals surface area (Å²) in [5, 5.41) is 0. The van der Waals surface area contributed by atoms with Crippen molar-refractivity contribution in [3.05, 3.63) is 0 Å². The molecule has 0 bridgehead atoms. The summed E-state index contributed by atoms with van der Waals surface area (Å²) in [5.74, 6) is 1.03. The molecule has 1 rings (SSSR count). The topological polar surface area (TPSA) is 31.3 Å². The maximum absolute atomic E-state index is 5.74. The normalized spacial score (nSPS) is 24.1. The van der Waals surface area contributed by atoms with Gasteiger partial charge in [-0.05, 0) is 20.3 Å². The van der Waals surface area contributed by atoms with Gasteiger partial charge in [-0.1, -0.05) is 0 Å². The average molecular weight is 270 g/mol. The van der Waals surface area contributed by atoms with Crippen LogP contribution in [0.5, 0.6) is 0 Å². The largest absolute Gasteiger partial charge is 0.373 e. The predicted octanol–water partition coefficient (Wildman–Crippen LogP) is 0.965. The molecule has 0 saturated carbocycles. The molecule has 5 heteroatoms. The van der Waals surface area contributed by atoms with Crippen LogP contribution in [0.4, 0.5) is 0 Å². The van der Waals surface area contributed by atoms with E-state index in [0.29, 0.717) is 12.2 Å². The molecule has 1 aliphatic rings. The number of nitrogens with zero attached hydrogens (tertiary/aromatic N) is 4. The summed E-state index contributed by atoms with van der Waals surface area (Å²) in [7, 11) is 8.13. The van der Waals surface area contributed by atoms with Crippen LogP contribution in [0.15, 0.2) is 4.99 Å². The van der Waals surface area contributed by atoms with Gasteiger partial charge in [-0.25, -0.2) is 0 Å². The lowest BCUT2D eigenvalue weighted by Crippen LogP contribution is -2.45. The molecule has 0 aliphatic carbocycles. The summed E-state index contributed by atoms with van der Waals surface area (Å²) in [6.07, 6.45) is 1.81. The number of aliphatic imine (C=N–C) groups is 1. The molecule has 19 heavy (non-hydrogen) atoms. The summed E-state index contributed by atoms with van der Waals surface area (Å²) < 4.78 is 5.74. The Morgan fingerprint density at radius 3 is 2.11 bits per heavy atom. The summed E-state index contributed by atoms with van der Waals surface area (Å²) in [4.78, 5) is 11.3. The third-order valence-corrected chi connectivity index (χ3v) is 3.18. The van der Waals surface area contributed by atoms with Gasteiger partial charge >= 0.3 is 0 Å². The second-order valence-electron chi connectivity index (χ2n) is 5.84. The zero-order valence-electron chi connectivity index (χ0n) is 13.4. The van der Waals surface area contributed by atoms with Crippen LogP contribution in [0, 0.1) is 0 Å². The van der Waals surface area contributed by atoms with Crippen molar-refractivity contribution >= 4 is 5.96 Å². The minimum Gasteiger partial charge on any atom is -0.373 e. The molecule has 0 radical (unpaired) electrons. The first kappa shape index (κ1) is 16.2. The van der Waals surface area contributed by atoms with E-state index in [1.54, 1.807) is 0 Å². The fraction of sp³-hybridized carbons (Fsp3) is 0.929. The zero-order chi connectivity index (χ0) is 14.4. The predicted molar refractivity (Wildman–Crippen MR) is 80.7 cm³/mol. The Labute approximate surface area is 118 Å². The van der Waals surface area contributed by atoms with Gasteiger partial charge in [0.25, 0.3) is 0 Å². The van der Waals surface area contributed by atoms with E-state index >= 15 is 0 Å². The number of guanidine groups is 1. The van der Waals surface area contributed by atoms with Crippen molar-refractivity contribution in [2.75, 3.05) is 54.4 Å². The van der Waals surface area contributed by atoms with E-state index in [4.69, 9.17) is 4.74 Å². The SMILES string of the molecule is CC1CN(CCCN=C(N(C)C)N(C)C)CC(C)O1. The molecule has 0 spiro atoms. The van der Waals surface area contributed by atoms with E-state index in [9.17, 15) is 0 Å². The van der Waals surface area contributed by atoms with Crippen molar-refractivity contribution in [1.82, 2.24) is 14.7 Å². The molecule has 1 heterocycles. The van der Waals surface area contributed by atoms with Crippen LogP contribution in [-0.4, -0.2) is 87.2 Å². The molecule has 112 valence electrons. The zero-order valence-corrected chi connectivity index (χ0v) is 13.4. The van der Waals surface area contributed by atoms with Crippen LogP contribution in [0.25, 0.3) is 0 Å². The van der Waals surface area contributed by atoms with Gasteiger partial charge in [0, 0.05) is 54.4 Å². The van der Waals surface area contributed by atoms with Gasteiger partial charge in [0.2, 0.25) is 0 Å². The van der Waals surface area contributed by atoms with E-state index < -0.39 is 0 Å². The highest BCUT2D eigenvalue weighted by atomic mass is 16.5. The van der Waals surface area contributed by atoms with Crippen LogP contribution < -0.4 is 0 Å². The molecule has 0 aromatic carbocycles. The number of ether oxygens (including phenoxy) is 1. The number of hydrogen-bond acceptors (Lipinski definition) is 3. The highest BCUT2D eigenvalue weighted by molar-refractivity contribution is 5.79. The van der Waals surface area contributed by atoms with Crippen molar-refractivity contribution in [2.45, 2.75) is 32.5 Å². The van der Waals surface area contributed by atoms with Gasteiger partial charge in [0.15, 0.2) is 5.96 Å². The highest BCUT2D eigenvalue weighted by Crippen LogP contribution is 2.10. The standard InChI is InChI=1S/C14H30N4O/c1-12-10-18(11-13(2)19-12)9-7-8-15-14(16(3)4)17(5)6/h12-13H,7-11H2,1-6H3. The van der Waals surface area contributed by atoms with Crippen LogP contribution in [0.3, 0.4) is 0 Å². The lowest BCUT2D eigenvalue weighted by Gasteiger charge is -2.35. The molecule has 0 aromatic rings. The molecule has 0 N–H and O–H groups in total. The monoisotopic (exact) mass is 270 g/mol. The van der Waals surface area contributed by atoms with Gasteiger partial charge in [0.1, 0.15) is 0 Å². The highest BCUT2D eigenvalue weighted by Gasteiger charge is 2.21. The molecule has 2 atom stereocenters. The van der Waals surface area contributed by atoms with Gasteiger partial charge in [-0.3, -0.25) is 9.89 Å². The van der Waals surface area contributed by atoms with Crippen LogP contribution in [-0.2, 0) is 4.74 Å². The molecule has 0 aromatic heterocycles. The molecular weight excluding hydrogens is 240 g/mol. The molecule has 5 nitrogen and oxygen atoms in total. The maximum atomic E-state index is 5.74. The van der Waals surface area contributed by atoms with Crippen molar-refractivity contribution < 1.29 is 4.74 Å². The Morgan fingerprint density at radius 1 is 1.11 bits per heavy atom. The van der Waals surface area contributed by atoms with Crippen LogP contribution in [0.1, 0.15) is 20.3 Å². The molecule has 0 amide bonds. The summed E-state index contributed by atoms with van der Waals surface area (Å²) in [6, 6.07) is 0. The van der Waals surface area contributed by atoms with E-state index in [1.165, 1.54) is 0 Å². The third kappa shape index (κ3) is 5.78. The quantitative estimate of drug-likeness (QED) is 0.433. The van der Waals surface area contributed by atoms with Gasteiger partial charge in [0.05, 0.1) is 12.2 Å². The van der Waals surface area contributed by atoms with Gasteiger partial charge in [-0.2, -0.15) is 0 Å². The minimum atomic E-state index is 0.353. The van der Waals surface area contributed by atoms with Gasteiger partial charge in [-0.15, -0.1) is 0 Å². The summed E-state index contributed by atoms with van der Waals surface area (Å²) >= 11 is 0. The third-order valence-electron chi connectivity index (χ3n) is 3.18. The smallest absolute Gasteiger partial charge is 0.195 e. The summed E-state index contributed by atoms with van der Waals surface area (Å²) in [5.41, 5.74) is 0. The Morgan fingerprint density at radius 2 is 1.63 bits per heavy atom. The van der Waals surface area contributed by atoms with E-state index in [1.807, 2.05) is 28.2 Å². The van der Waals surface area contributed by atoms with Crippen molar-refractivity contribution in [3.63, 3.8) is 0 Å². The van der Waals surface area contributed by atoms with E-state index in [-0.39, 0.29) is 0 Å². The Kier molecular flexibility index (Phi) is 6.58. The maximum Gasteiger partial charge on any atom is 0.195 e. The van der Waals surface area contributed by atoms with E-state index in [2.05, 4.69) is 33.5 Å². The molecule has 1 fully saturated rings. The summed E-state index contributed by atoms with van der Waals surface area (Å²) in [6.45, 7) is 8.38. The minimum absolute atomic E-state index is 0.353. The fourth-order valence-electron chi connectivity index (χ4n) is 2.62. The Hall–Kier alpha value is -0.810. The van der Waals surface area contributed by atoms with Crippen LogP contribution >= 0.6 is 0 Å². The second kappa shape index (κ2) is 7.70. The lowest BCUT2D eigenvalue weighted by atomic mass is 10.2.